The standard InChI is InChI=1S/C27H29ClN2O6/c1-16-13-22-19(15-20(16)28)25(31)23-24(18-14-17(33-2)5-6-21(18)34-3)30(27(32)26(23)36-22)8-4-7-29-9-11-35-12-10-29/h5-6,13-15,24H,4,7-12H2,1-3H3. The lowest BCUT2D eigenvalue weighted by Gasteiger charge is -2.29. The van der Waals surface area contributed by atoms with E-state index in [0.29, 0.717) is 58.4 Å². The third-order valence-electron chi connectivity index (χ3n) is 6.96. The van der Waals surface area contributed by atoms with Gasteiger partial charge in [0, 0.05) is 36.8 Å². The van der Waals surface area contributed by atoms with E-state index in [1.165, 1.54) is 0 Å². The number of morpholine rings is 1. The summed E-state index contributed by atoms with van der Waals surface area (Å²) in [7, 11) is 3.14. The number of amides is 1. The summed E-state index contributed by atoms with van der Waals surface area (Å²) >= 11 is 6.34. The molecule has 190 valence electrons. The van der Waals surface area contributed by atoms with Crippen LogP contribution in [-0.2, 0) is 4.74 Å². The third kappa shape index (κ3) is 4.34. The van der Waals surface area contributed by atoms with Crippen LogP contribution in [-0.4, -0.2) is 69.3 Å². The first-order chi connectivity index (χ1) is 17.4. The Hall–Kier alpha value is -3.07. The number of nitrogens with zero attached hydrogens (tertiary/aromatic N) is 2. The molecule has 9 heteroatoms. The zero-order valence-electron chi connectivity index (χ0n) is 20.6. The molecule has 8 nitrogen and oxygen atoms in total. The van der Waals surface area contributed by atoms with Gasteiger partial charge in [0.15, 0.2) is 5.43 Å². The number of hydrogen-bond acceptors (Lipinski definition) is 7. The fourth-order valence-corrected chi connectivity index (χ4v) is 5.20. The Labute approximate surface area is 214 Å². The summed E-state index contributed by atoms with van der Waals surface area (Å²) in [6, 6.07) is 8.02. The van der Waals surface area contributed by atoms with Crippen LogP contribution in [0.25, 0.3) is 11.0 Å². The Morgan fingerprint density at radius 1 is 1.06 bits per heavy atom. The highest BCUT2D eigenvalue weighted by Crippen LogP contribution is 2.43. The van der Waals surface area contributed by atoms with Crippen LogP contribution in [0, 0.1) is 6.92 Å². The summed E-state index contributed by atoms with van der Waals surface area (Å²) < 4.78 is 22.6. The van der Waals surface area contributed by atoms with E-state index in [-0.39, 0.29) is 17.1 Å². The van der Waals surface area contributed by atoms with Crippen LogP contribution >= 0.6 is 11.6 Å². The summed E-state index contributed by atoms with van der Waals surface area (Å²) in [5.74, 6) is 0.911. The van der Waals surface area contributed by atoms with Gasteiger partial charge in [-0.2, -0.15) is 0 Å². The summed E-state index contributed by atoms with van der Waals surface area (Å²) in [5, 5.41) is 0.816. The number of carbonyl (C=O) groups excluding carboxylic acids is 1. The van der Waals surface area contributed by atoms with Crippen molar-refractivity contribution < 1.29 is 23.4 Å². The van der Waals surface area contributed by atoms with Crippen molar-refractivity contribution in [1.29, 1.82) is 0 Å². The molecule has 3 aromatic rings. The predicted molar refractivity (Wildman–Crippen MR) is 137 cm³/mol. The van der Waals surface area contributed by atoms with Gasteiger partial charge in [0.05, 0.1) is 44.4 Å². The van der Waals surface area contributed by atoms with Gasteiger partial charge >= 0.3 is 0 Å². The molecule has 1 aromatic heterocycles. The molecular formula is C27H29ClN2O6. The summed E-state index contributed by atoms with van der Waals surface area (Å²) in [4.78, 5) is 31.6. The molecule has 1 fully saturated rings. The molecule has 3 heterocycles. The van der Waals surface area contributed by atoms with E-state index in [0.717, 1.165) is 31.6 Å². The molecule has 2 aliphatic rings. The molecule has 0 radical (unpaired) electrons. The fourth-order valence-electron chi connectivity index (χ4n) is 5.04. The second kappa shape index (κ2) is 10.1. The van der Waals surface area contributed by atoms with Crippen LogP contribution < -0.4 is 14.9 Å². The number of rotatable bonds is 7. The Kier molecular flexibility index (Phi) is 6.92. The quantitative estimate of drug-likeness (QED) is 0.472. The molecule has 1 saturated heterocycles. The Bertz CT molecular complexity index is 1360. The van der Waals surface area contributed by atoms with E-state index >= 15 is 0 Å². The van der Waals surface area contributed by atoms with Crippen LogP contribution in [0.4, 0.5) is 0 Å². The molecule has 2 aliphatic heterocycles. The molecule has 0 spiro atoms. The maximum absolute atomic E-state index is 13.8. The van der Waals surface area contributed by atoms with Gasteiger partial charge in [-0.15, -0.1) is 0 Å². The lowest BCUT2D eigenvalue weighted by Crippen LogP contribution is -2.39. The van der Waals surface area contributed by atoms with Crippen LogP contribution in [0.1, 0.15) is 39.7 Å². The normalized spacial score (nSPS) is 18.1. The number of ether oxygens (including phenoxy) is 3. The zero-order valence-corrected chi connectivity index (χ0v) is 21.4. The fraction of sp³-hybridized carbons (Fsp3) is 0.407. The zero-order chi connectivity index (χ0) is 25.4. The van der Waals surface area contributed by atoms with Gasteiger partial charge in [-0.3, -0.25) is 14.5 Å². The highest BCUT2D eigenvalue weighted by atomic mass is 35.5. The van der Waals surface area contributed by atoms with Crippen LogP contribution in [0.5, 0.6) is 11.5 Å². The monoisotopic (exact) mass is 512 g/mol. The minimum atomic E-state index is -0.678. The number of hydrogen-bond donors (Lipinski definition) is 0. The number of carbonyl (C=O) groups is 1. The van der Waals surface area contributed by atoms with E-state index in [4.69, 9.17) is 30.2 Å². The van der Waals surface area contributed by atoms with Crippen LogP contribution in [0.2, 0.25) is 5.02 Å². The van der Waals surface area contributed by atoms with E-state index < -0.39 is 6.04 Å². The van der Waals surface area contributed by atoms with Gasteiger partial charge in [0.25, 0.3) is 5.91 Å². The topological polar surface area (TPSA) is 81.5 Å². The first-order valence-electron chi connectivity index (χ1n) is 12.0. The maximum Gasteiger partial charge on any atom is 0.290 e. The highest BCUT2D eigenvalue weighted by molar-refractivity contribution is 6.32. The van der Waals surface area contributed by atoms with Gasteiger partial charge in [0.1, 0.15) is 17.1 Å². The lowest BCUT2D eigenvalue weighted by atomic mass is 9.97. The van der Waals surface area contributed by atoms with Crippen molar-refractivity contribution in [2.45, 2.75) is 19.4 Å². The van der Waals surface area contributed by atoms with Crippen LogP contribution in [0.15, 0.2) is 39.5 Å². The summed E-state index contributed by atoms with van der Waals surface area (Å²) in [5.41, 5.74) is 1.81. The van der Waals surface area contributed by atoms with E-state index in [2.05, 4.69) is 4.90 Å². The molecule has 1 atom stereocenters. The number of fused-ring (bicyclic) bond motifs is 2. The average Bonchev–Trinajstić information content (AvgIpc) is 3.17. The van der Waals surface area contributed by atoms with Gasteiger partial charge in [-0.25, -0.2) is 0 Å². The first kappa shape index (κ1) is 24.6. The molecular weight excluding hydrogens is 484 g/mol. The van der Waals surface area contributed by atoms with Crippen molar-refractivity contribution in [3.8, 4) is 11.5 Å². The van der Waals surface area contributed by atoms with Gasteiger partial charge in [0.2, 0.25) is 5.76 Å². The molecule has 2 aromatic carbocycles. The second-order valence-electron chi connectivity index (χ2n) is 9.09. The Morgan fingerprint density at radius 3 is 2.56 bits per heavy atom. The molecule has 36 heavy (non-hydrogen) atoms. The van der Waals surface area contributed by atoms with Gasteiger partial charge < -0.3 is 23.5 Å². The van der Waals surface area contributed by atoms with Crippen LogP contribution in [0.3, 0.4) is 0 Å². The third-order valence-corrected chi connectivity index (χ3v) is 7.36. The van der Waals surface area contributed by atoms with Gasteiger partial charge in [-0.1, -0.05) is 11.6 Å². The van der Waals surface area contributed by atoms with Crippen molar-refractivity contribution in [2.75, 3.05) is 53.6 Å². The number of halogens is 1. The number of aryl methyl sites for hydroxylation is 1. The van der Waals surface area contributed by atoms with Crippen molar-refractivity contribution in [3.05, 3.63) is 68.0 Å². The Morgan fingerprint density at radius 2 is 1.83 bits per heavy atom. The van der Waals surface area contributed by atoms with E-state index in [1.807, 2.05) is 13.0 Å². The Balaban J connectivity index is 1.62. The summed E-state index contributed by atoms with van der Waals surface area (Å²) in [6.45, 7) is 6.26. The largest absolute Gasteiger partial charge is 0.497 e. The molecule has 5 rings (SSSR count). The molecule has 0 saturated carbocycles. The maximum atomic E-state index is 13.8. The molecule has 0 bridgehead atoms. The molecule has 0 N–H and O–H groups in total. The second-order valence-corrected chi connectivity index (χ2v) is 9.50. The SMILES string of the molecule is COc1ccc(OC)c(C2c3c(oc4cc(C)c(Cl)cc4c3=O)C(=O)N2CCCN2CCOCC2)c1. The smallest absolute Gasteiger partial charge is 0.290 e. The highest BCUT2D eigenvalue weighted by Gasteiger charge is 2.44. The predicted octanol–water partition coefficient (Wildman–Crippen LogP) is 4.04. The van der Waals surface area contributed by atoms with Crippen molar-refractivity contribution >= 4 is 28.5 Å². The van der Waals surface area contributed by atoms with Crippen molar-refractivity contribution in [3.63, 3.8) is 0 Å². The van der Waals surface area contributed by atoms with E-state index in [9.17, 15) is 9.59 Å². The molecule has 1 unspecified atom stereocenters. The van der Waals surface area contributed by atoms with Gasteiger partial charge in [-0.05, 0) is 49.2 Å². The first-order valence-corrected chi connectivity index (χ1v) is 12.4. The minimum absolute atomic E-state index is 0.0652. The average molecular weight is 513 g/mol. The number of methoxy groups -OCH3 is 2. The minimum Gasteiger partial charge on any atom is -0.497 e. The van der Waals surface area contributed by atoms with Crippen molar-refractivity contribution in [2.24, 2.45) is 0 Å². The lowest BCUT2D eigenvalue weighted by molar-refractivity contribution is 0.0353. The number of benzene rings is 2. The molecule has 1 amide bonds. The molecule has 0 aliphatic carbocycles. The summed E-state index contributed by atoms with van der Waals surface area (Å²) in [6.07, 6.45) is 0.737. The van der Waals surface area contributed by atoms with E-state index in [1.54, 1.807) is 43.4 Å². The van der Waals surface area contributed by atoms with Crippen molar-refractivity contribution in [1.82, 2.24) is 9.80 Å².